The van der Waals surface area contributed by atoms with Crippen LogP contribution >= 0.6 is 0 Å². The summed E-state index contributed by atoms with van der Waals surface area (Å²) in [4.78, 5) is 11.0. The van der Waals surface area contributed by atoms with Crippen molar-refractivity contribution < 1.29 is 19.0 Å². The zero-order chi connectivity index (χ0) is 16.7. The van der Waals surface area contributed by atoms with Gasteiger partial charge in [-0.15, -0.1) is 0 Å². The zero-order valence-corrected chi connectivity index (χ0v) is 12.7. The SMILES string of the molecule is COC(=O)C=Cc1ccc(/C=C(/CO)c2ccc(F)cc2)cc1. The molecule has 0 unspecified atom stereocenters. The van der Waals surface area contributed by atoms with Crippen LogP contribution in [0.25, 0.3) is 17.7 Å². The average Bonchev–Trinajstić information content (AvgIpc) is 2.59. The van der Waals surface area contributed by atoms with Crippen LogP contribution in [0.15, 0.2) is 54.6 Å². The van der Waals surface area contributed by atoms with Gasteiger partial charge in [0.25, 0.3) is 0 Å². The van der Waals surface area contributed by atoms with E-state index in [0.717, 1.165) is 16.7 Å². The number of hydrogen-bond acceptors (Lipinski definition) is 3. The van der Waals surface area contributed by atoms with Crippen molar-refractivity contribution in [2.75, 3.05) is 13.7 Å². The minimum atomic E-state index is -0.409. The summed E-state index contributed by atoms with van der Waals surface area (Å²) in [6.45, 7) is -0.143. The molecule has 0 aliphatic rings. The van der Waals surface area contributed by atoms with Gasteiger partial charge in [-0.3, -0.25) is 0 Å². The van der Waals surface area contributed by atoms with Crippen molar-refractivity contribution in [2.45, 2.75) is 0 Å². The lowest BCUT2D eigenvalue weighted by Crippen LogP contribution is -1.93. The van der Waals surface area contributed by atoms with E-state index in [0.29, 0.717) is 5.57 Å². The number of halogens is 1. The van der Waals surface area contributed by atoms with Crippen molar-refractivity contribution in [3.05, 3.63) is 77.1 Å². The Morgan fingerprint density at radius 1 is 1.09 bits per heavy atom. The molecule has 0 radical (unpaired) electrons. The Hall–Kier alpha value is -2.72. The van der Waals surface area contributed by atoms with Gasteiger partial charge in [-0.1, -0.05) is 36.4 Å². The second-order valence-electron chi connectivity index (χ2n) is 4.86. The van der Waals surface area contributed by atoms with Crippen LogP contribution in [0, 0.1) is 5.82 Å². The van der Waals surface area contributed by atoms with E-state index in [9.17, 15) is 14.3 Å². The largest absolute Gasteiger partial charge is 0.466 e. The fraction of sp³-hybridized carbons (Fsp3) is 0.105. The molecule has 2 aromatic carbocycles. The van der Waals surface area contributed by atoms with Gasteiger partial charge in [0.05, 0.1) is 13.7 Å². The summed E-state index contributed by atoms with van der Waals surface area (Å²) in [7, 11) is 1.33. The third-order valence-corrected chi connectivity index (χ3v) is 3.28. The maximum atomic E-state index is 13.0. The van der Waals surface area contributed by atoms with Gasteiger partial charge in [-0.25, -0.2) is 9.18 Å². The standard InChI is InChI=1S/C19H17FO3/c1-23-19(22)11-6-14-2-4-15(5-3-14)12-17(13-21)16-7-9-18(20)10-8-16/h2-12,21H,13H2,1H3/b11-6?,17-12-. The number of esters is 1. The monoisotopic (exact) mass is 312 g/mol. The number of ether oxygens (including phenoxy) is 1. The highest BCUT2D eigenvalue weighted by Crippen LogP contribution is 2.19. The molecule has 2 rings (SSSR count). The average molecular weight is 312 g/mol. The molecule has 0 spiro atoms. The van der Waals surface area contributed by atoms with Crippen LogP contribution in [0.3, 0.4) is 0 Å². The van der Waals surface area contributed by atoms with Crippen molar-refractivity contribution in [1.29, 1.82) is 0 Å². The van der Waals surface area contributed by atoms with Gasteiger partial charge in [0, 0.05) is 6.08 Å². The molecule has 0 saturated heterocycles. The van der Waals surface area contributed by atoms with Crippen LogP contribution in [0.2, 0.25) is 0 Å². The number of rotatable bonds is 5. The van der Waals surface area contributed by atoms with Crippen LogP contribution in [-0.2, 0) is 9.53 Å². The number of hydrogen-bond donors (Lipinski definition) is 1. The summed E-state index contributed by atoms with van der Waals surface area (Å²) in [6, 6.07) is 13.4. The molecule has 0 fully saturated rings. The highest BCUT2D eigenvalue weighted by atomic mass is 19.1. The predicted octanol–water partition coefficient (Wildman–Crippen LogP) is 3.54. The molecule has 0 aliphatic heterocycles. The van der Waals surface area contributed by atoms with Crippen molar-refractivity contribution >= 4 is 23.7 Å². The van der Waals surface area contributed by atoms with E-state index < -0.39 is 5.97 Å². The van der Waals surface area contributed by atoms with E-state index in [2.05, 4.69) is 4.74 Å². The Morgan fingerprint density at radius 2 is 1.70 bits per heavy atom. The minimum Gasteiger partial charge on any atom is -0.466 e. The minimum absolute atomic E-state index is 0.143. The number of carbonyl (C=O) groups is 1. The van der Waals surface area contributed by atoms with Gasteiger partial charge in [0.1, 0.15) is 5.82 Å². The van der Waals surface area contributed by atoms with Gasteiger partial charge in [0.15, 0.2) is 0 Å². The predicted molar refractivity (Wildman–Crippen MR) is 88.8 cm³/mol. The van der Waals surface area contributed by atoms with E-state index in [4.69, 9.17) is 0 Å². The fourth-order valence-corrected chi connectivity index (χ4v) is 2.02. The fourth-order valence-electron chi connectivity index (χ4n) is 2.02. The molecule has 2 aromatic rings. The Morgan fingerprint density at radius 3 is 2.26 bits per heavy atom. The summed E-state index contributed by atoms with van der Waals surface area (Å²) >= 11 is 0. The molecule has 0 amide bonds. The number of aliphatic hydroxyl groups excluding tert-OH is 1. The topological polar surface area (TPSA) is 46.5 Å². The van der Waals surface area contributed by atoms with E-state index in [1.165, 1.54) is 25.3 Å². The lowest BCUT2D eigenvalue weighted by molar-refractivity contribution is -0.134. The first-order valence-corrected chi connectivity index (χ1v) is 7.06. The van der Waals surface area contributed by atoms with Crippen LogP contribution in [0.4, 0.5) is 4.39 Å². The molecule has 0 heterocycles. The summed E-state index contributed by atoms with van der Waals surface area (Å²) in [5, 5.41) is 9.51. The molecule has 4 heteroatoms. The van der Waals surface area contributed by atoms with Gasteiger partial charge in [-0.2, -0.15) is 0 Å². The normalized spacial score (nSPS) is 11.7. The Bertz CT molecular complexity index is 713. The van der Waals surface area contributed by atoms with Gasteiger partial charge >= 0.3 is 5.97 Å². The number of aliphatic hydroxyl groups is 1. The van der Waals surface area contributed by atoms with Crippen LogP contribution in [0.1, 0.15) is 16.7 Å². The van der Waals surface area contributed by atoms with Gasteiger partial charge < -0.3 is 9.84 Å². The smallest absolute Gasteiger partial charge is 0.330 e. The molecule has 1 N–H and O–H groups in total. The molecule has 0 bridgehead atoms. The number of carbonyl (C=O) groups excluding carboxylic acids is 1. The molecule has 0 aliphatic carbocycles. The molecule has 0 atom stereocenters. The third-order valence-electron chi connectivity index (χ3n) is 3.28. The Labute approximate surface area is 134 Å². The van der Waals surface area contributed by atoms with Crippen molar-refractivity contribution in [1.82, 2.24) is 0 Å². The third kappa shape index (κ3) is 4.90. The van der Waals surface area contributed by atoms with E-state index in [1.807, 2.05) is 30.3 Å². The molecule has 118 valence electrons. The van der Waals surface area contributed by atoms with Crippen molar-refractivity contribution in [2.24, 2.45) is 0 Å². The first-order valence-electron chi connectivity index (χ1n) is 7.06. The molecule has 3 nitrogen and oxygen atoms in total. The number of benzene rings is 2. The van der Waals surface area contributed by atoms with E-state index >= 15 is 0 Å². The quantitative estimate of drug-likeness (QED) is 0.522. The molecular weight excluding hydrogens is 295 g/mol. The summed E-state index contributed by atoms with van der Waals surface area (Å²) < 4.78 is 17.5. The lowest BCUT2D eigenvalue weighted by atomic mass is 10.0. The second kappa shape index (κ2) is 8.06. The number of methoxy groups -OCH3 is 1. The first kappa shape index (κ1) is 16.6. The maximum Gasteiger partial charge on any atom is 0.330 e. The van der Waals surface area contributed by atoms with Gasteiger partial charge in [0.2, 0.25) is 0 Å². The summed E-state index contributed by atoms with van der Waals surface area (Å²) in [6.07, 6.45) is 4.84. The van der Waals surface area contributed by atoms with E-state index in [-0.39, 0.29) is 12.4 Å². The lowest BCUT2D eigenvalue weighted by Gasteiger charge is -2.05. The Balaban J connectivity index is 2.19. The van der Waals surface area contributed by atoms with Crippen LogP contribution in [0.5, 0.6) is 0 Å². The zero-order valence-electron chi connectivity index (χ0n) is 12.7. The second-order valence-corrected chi connectivity index (χ2v) is 4.86. The summed E-state index contributed by atoms with van der Waals surface area (Å²) in [5.74, 6) is -0.722. The molecule has 0 saturated carbocycles. The summed E-state index contributed by atoms with van der Waals surface area (Å²) in [5.41, 5.74) is 3.22. The first-order chi connectivity index (χ1) is 11.1. The molecule has 23 heavy (non-hydrogen) atoms. The highest BCUT2D eigenvalue weighted by Gasteiger charge is 2.01. The van der Waals surface area contributed by atoms with Crippen molar-refractivity contribution in [3.63, 3.8) is 0 Å². The van der Waals surface area contributed by atoms with Gasteiger partial charge in [-0.05, 0) is 46.5 Å². The van der Waals surface area contributed by atoms with Crippen LogP contribution < -0.4 is 0 Å². The van der Waals surface area contributed by atoms with Crippen molar-refractivity contribution in [3.8, 4) is 0 Å². The van der Waals surface area contributed by atoms with E-state index in [1.54, 1.807) is 18.2 Å². The molecular formula is C19H17FO3. The Kier molecular flexibility index (Phi) is 5.83. The molecule has 0 aromatic heterocycles. The maximum absolute atomic E-state index is 13.0. The van der Waals surface area contributed by atoms with Crippen LogP contribution in [-0.4, -0.2) is 24.8 Å². The highest BCUT2D eigenvalue weighted by molar-refractivity contribution is 5.87.